The van der Waals surface area contributed by atoms with Crippen LogP contribution in [-0.4, -0.2) is 29.8 Å². The first-order chi connectivity index (χ1) is 9.72. The van der Waals surface area contributed by atoms with E-state index in [4.69, 9.17) is 27.4 Å². The quantitative estimate of drug-likeness (QED) is 0.589. The van der Waals surface area contributed by atoms with E-state index in [0.29, 0.717) is 24.1 Å². The van der Waals surface area contributed by atoms with E-state index >= 15 is 0 Å². The van der Waals surface area contributed by atoms with Crippen molar-refractivity contribution in [2.45, 2.75) is 39.0 Å². The first-order valence-corrected chi connectivity index (χ1v) is 7.66. The Morgan fingerprint density at radius 2 is 2.20 bits per heavy atom. The first-order valence-electron chi connectivity index (χ1n) is 7.25. The number of nitrogens with two attached hydrogens (primary N) is 1. The first kappa shape index (κ1) is 15.2. The van der Waals surface area contributed by atoms with Crippen LogP contribution in [0.2, 0.25) is 0 Å². The van der Waals surface area contributed by atoms with Crippen molar-refractivity contribution in [3.8, 4) is 5.88 Å². The number of pyridine rings is 1. The highest BCUT2D eigenvalue weighted by Crippen LogP contribution is 2.26. The molecule has 0 aromatic carbocycles. The molecular weight excluding hydrogens is 272 g/mol. The fraction of sp³-hybridized carbons (Fsp3) is 0.600. The summed E-state index contributed by atoms with van der Waals surface area (Å²) in [5, 5.41) is 0. The maximum Gasteiger partial charge on any atom is 0.224 e. The summed E-state index contributed by atoms with van der Waals surface area (Å²) in [4.78, 5) is 4.90. The van der Waals surface area contributed by atoms with Gasteiger partial charge in [0.25, 0.3) is 0 Å². The average molecular weight is 294 g/mol. The second-order valence-electron chi connectivity index (χ2n) is 4.98. The lowest BCUT2D eigenvalue weighted by molar-refractivity contribution is 0.0964. The maximum absolute atomic E-state index is 5.76. The number of unbranched alkanes of at least 4 members (excludes halogenated alkanes) is 1. The number of aromatic nitrogens is 1. The van der Waals surface area contributed by atoms with E-state index in [0.717, 1.165) is 50.0 Å². The molecule has 0 atom stereocenters. The fourth-order valence-electron chi connectivity index (χ4n) is 2.29. The number of aryl methyl sites for hydroxylation is 2. The Hall–Kier alpha value is -1.20. The van der Waals surface area contributed by atoms with Crippen molar-refractivity contribution >= 4 is 17.2 Å². The van der Waals surface area contributed by atoms with Gasteiger partial charge in [0.15, 0.2) is 0 Å². The predicted octanol–water partition coefficient (Wildman–Crippen LogP) is 2.40. The Balaban J connectivity index is 1.94. The molecule has 2 rings (SSSR count). The number of fused-ring (bicyclic) bond motifs is 1. The lowest BCUT2D eigenvalue weighted by Gasteiger charge is -2.12. The summed E-state index contributed by atoms with van der Waals surface area (Å²) in [6.07, 6.45) is 5.42. The lowest BCUT2D eigenvalue weighted by atomic mass is 10.1. The third-order valence-electron chi connectivity index (χ3n) is 3.39. The largest absolute Gasteiger partial charge is 0.475 e. The van der Waals surface area contributed by atoms with E-state index in [1.807, 2.05) is 6.07 Å². The molecule has 1 aliphatic rings. The molecule has 0 fully saturated rings. The van der Waals surface area contributed by atoms with Crippen LogP contribution >= 0.6 is 12.2 Å². The van der Waals surface area contributed by atoms with Gasteiger partial charge in [0.2, 0.25) is 5.88 Å². The van der Waals surface area contributed by atoms with Gasteiger partial charge < -0.3 is 15.2 Å². The molecule has 1 aromatic rings. The summed E-state index contributed by atoms with van der Waals surface area (Å²) in [7, 11) is 0. The molecule has 1 aliphatic carbocycles. The summed E-state index contributed by atoms with van der Waals surface area (Å²) in [5.41, 5.74) is 8.87. The monoisotopic (exact) mass is 294 g/mol. The fourth-order valence-corrected chi connectivity index (χ4v) is 2.43. The van der Waals surface area contributed by atoms with Crippen molar-refractivity contribution in [2.24, 2.45) is 5.73 Å². The van der Waals surface area contributed by atoms with Gasteiger partial charge in [-0.3, -0.25) is 0 Å². The predicted molar refractivity (Wildman–Crippen MR) is 83.4 cm³/mol. The van der Waals surface area contributed by atoms with Crippen molar-refractivity contribution in [1.82, 2.24) is 4.98 Å². The Morgan fingerprint density at radius 3 is 2.95 bits per heavy atom. The molecule has 1 heterocycles. The van der Waals surface area contributed by atoms with Gasteiger partial charge in [-0.2, -0.15) is 0 Å². The normalized spacial score (nSPS) is 13.2. The SMILES string of the molecule is CCCCOCCOc1nc2c(cc1C(N)=S)CCC2. The minimum absolute atomic E-state index is 0.342. The van der Waals surface area contributed by atoms with Crippen molar-refractivity contribution in [3.63, 3.8) is 0 Å². The van der Waals surface area contributed by atoms with Gasteiger partial charge in [-0.05, 0) is 37.3 Å². The van der Waals surface area contributed by atoms with Crippen LogP contribution in [0.1, 0.15) is 43.0 Å². The zero-order chi connectivity index (χ0) is 14.4. The molecule has 0 unspecified atom stereocenters. The van der Waals surface area contributed by atoms with Crippen LogP contribution in [0, 0.1) is 0 Å². The van der Waals surface area contributed by atoms with Gasteiger partial charge in [-0.1, -0.05) is 25.6 Å². The molecule has 110 valence electrons. The number of nitrogens with zero attached hydrogens (tertiary/aromatic N) is 1. The summed E-state index contributed by atoms with van der Waals surface area (Å²) in [6.45, 7) is 3.96. The number of ether oxygens (including phenoxy) is 2. The molecule has 4 nitrogen and oxygen atoms in total. The zero-order valence-electron chi connectivity index (χ0n) is 12.0. The molecule has 0 aliphatic heterocycles. The molecule has 0 saturated heterocycles. The van der Waals surface area contributed by atoms with E-state index in [2.05, 4.69) is 11.9 Å². The highest BCUT2D eigenvalue weighted by molar-refractivity contribution is 7.80. The minimum Gasteiger partial charge on any atom is -0.475 e. The van der Waals surface area contributed by atoms with Gasteiger partial charge in [-0.15, -0.1) is 0 Å². The van der Waals surface area contributed by atoms with Crippen LogP contribution in [0.3, 0.4) is 0 Å². The third-order valence-corrected chi connectivity index (χ3v) is 3.61. The van der Waals surface area contributed by atoms with Gasteiger partial charge in [0.05, 0.1) is 12.2 Å². The molecule has 0 spiro atoms. The Morgan fingerprint density at radius 1 is 1.35 bits per heavy atom. The van der Waals surface area contributed by atoms with Crippen molar-refractivity contribution < 1.29 is 9.47 Å². The number of hydrogen-bond acceptors (Lipinski definition) is 4. The van der Waals surface area contributed by atoms with Crippen molar-refractivity contribution in [2.75, 3.05) is 19.8 Å². The van der Waals surface area contributed by atoms with Crippen LogP contribution in [0.25, 0.3) is 0 Å². The summed E-state index contributed by atoms with van der Waals surface area (Å²) in [6, 6.07) is 2.03. The van der Waals surface area contributed by atoms with Gasteiger partial charge in [-0.25, -0.2) is 4.98 Å². The topological polar surface area (TPSA) is 57.4 Å². The van der Waals surface area contributed by atoms with Crippen LogP contribution < -0.4 is 10.5 Å². The Bertz CT molecular complexity index is 477. The molecule has 1 aromatic heterocycles. The second-order valence-corrected chi connectivity index (χ2v) is 5.42. The van der Waals surface area contributed by atoms with E-state index in [9.17, 15) is 0 Å². The highest BCUT2D eigenvalue weighted by Gasteiger charge is 2.18. The highest BCUT2D eigenvalue weighted by atomic mass is 32.1. The van der Waals surface area contributed by atoms with Crippen molar-refractivity contribution in [3.05, 3.63) is 22.9 Å². The average Bonchev–Trinajstić information content (AvgIpc) is 2.88. The van der Waals surface area contributed by atoms with Gasteiger partial charge in [0, 0.05) is 12.3 Å². The standard InChI is InChI=1S/C15H22N2O2S/c1-2-3-7-18-8-9-19-15-12(14(16)20)10-11-5-4-6-13(11)17-15/h10H,2-9H2,1H3,(H2,16,20). The number of hydrogen-bond donors (Lipinski definition) is 1. The molecule has 5 heteroatoms. The van der Waals surface area contributed by atoms with Crippen LogP contribution in [0.5, 0.6) is 5.88 Å². The zero-order valence-corrected chi connectivity index (χ0v) is 12.8. The number of rotatable bonds is 8. The van der Waals surface area contributed by atoms with Gasteiger partial charge in [0.1, 0.15) is 11.6 Å². The van der Waals surface area contributed by atoms with E-state index < -0.39 is 0 Å². The van der Waals surface area contributed by atoms with Crippen LogP contribution in [0.15, 0.2) is 6.07 Å². The molecule has 0 amide bonds. The van der Waals surface area contributed by atoms with E-state index in [1.165, 1.54) is 5.56 Å². The summed E-state index contributed by atoms with van der Waals surface area (Å²) in [5.74, 6) is 0.553. The van der Waals surface area contributed by atoms with E-state index in [-0.39, 0.29) is 0 Å². The molecule has 0 bridgehead atoms. The summed E-state index contributed by atoms with van der Waals surface area (Å²) >= 11 is 5.08. The number of thiocarbonyl (C=S) groups is 1. The molecular formula is C15H22N2O2S. The molecule has 2 N–H and O–H groups in total. The summed E-state index contributed by atoms with van der Waals surface area (Å²) < 4.78 is 11.2. The van der Waals surface area contributed by atoms with Crippen LogP contribution in [0.4, 0.5) is 0 Å². The van der Waals surface area contributed by atoms with Gasteiger partial charge >= 0.3 is 0 Å². The smallest absolute Gasteiger partial charge is 0.224 e. The van der Waals surface area contributed by atoms with E-state index in [1.54, 1.807) is 0 Å². The second kappa shape index (κ2) is 7.55. The third kappa shape index (κ3) is 3.90. The maximum atomic E-state index is 5.76. The van der Waals surface area contributed by atoms with Crippen LogP contribution in [-0.2, 0) is 17.6 Å². The molecule has 0 radical (unpaired) electrons. The Labute approximate surface area is 125 Å². The molecule has 20 heavy (non-hydrogen) atoms. The van der Waals surface area contributed by atoms with Crippen molar-refractivity contribution in [1.29, 1.82) is 0 Å². The minimum atomic E-state index is 0.342. The lowest BCUT2D eigenvalue weighted by Crippen LogP contribution is -2.16. The Kier molecular flexibility index (Phi) is 5.73. The molecule has 0 saturated carbocycles.